The first-order valence-corrected chi connectivity index (χ1v) is 7.87. The number of nitrogens with two attached hydrogens (primary N) is 1. The molecule has 0 aliphatic heterocycles. The summed E-state index contributed by atoms with van der Waals surface area (Å²) < 4.78 is 1.64. The molecule has 0 saturated heterocycles. The highest BCUT2D eigenvalue weighted by Gasteiger charge is 2.12. The zero-order chi connectivity index (χ0) is 15.4. The zero-order valence-corrected chi connectivity index (χ0v) is 13.4. The molecular weight excluding hydrogens is 286 g/mol. The van der Waals surface area contributed by atoms with E-state index >= 15 is 0 Å². The first kappa shape index (κ1) is 15.8. The molecule has 0 radical (unpaired) electrons. The Morgan fingerprint density at radius 1 is 1.52 bits per heavy atom. The summed E-state index contributed by atoms with van der Waals surface area (Å²) in [6.45, 7) is 6.67. The van der Waals surface area contributed by atoms with Crippen molar-refractivity contribution in [3.63, 3.8) is 0 Å². The minimum absolute atomic E-state index is 0.116. The van der Waals surface area contributed by atoms with Crippen molar-refractivity contribution >= 4 is 11.8 Å². The van der Waals surface area contributed by atoms with Crippen molar-refractivity contribution in [1.82, 2.24) is 19.7 Å². The van der Waals surface area contributed by atoms with Gasteiger partial charge in [-0.2, -0.15) is 0 Å². The molecule has 0 aliphatic carbocycles. The fourth-order valence-corrected chi connectivity index (χ4v) is 2.97. The van der Waals surface area contributed by atoms with E-state index in [-0.39, 0.29) is 11.7 Å². The monoisotopic (exact) mass is 307 g/mol. The lowest BCUT2D eigenvalue weighted by Crippen LogP contribution is -2.18. The molecule has 2 aromatic heterocycles. The molecule has 6 nitrogen and oxygen atoms in total. The molecule has 114 valence electrons. The second kappa shape index (κ2) is 6.91. The van der Waals surface area contributed by atoms with Gasteiger partial charge in [0.2, 0.25) is 0 Å². The third-order valence-corrected chi connectivity index (χ3v) is 4.12. The Balaban J connectivity index is 2.22. The number of aryl methyl sites for hydroxylation is 1. The third kappa shape index (κ3) is 3.95. The topological polar surface area (TPSA) is 89.6 Å². The Morgan fingerprint density at radius 2 is 2.29 bits per heavy atom. The molecule has 2 heterocycles. The van der Waals surface area contributed by atoms with Crippen molar-refractivity contribution in [3.05, 3.63) is 33.9 Å². The number of hydrogen-bond donors (Lipinski definition) is 2. The van der Waals surface area contributed by atoms with Gasteiger partial charge in [-0.3, -0.25) is 4.57 Å². The predicted octanol–water partition coefficient (Wildman–Crippen LogP) is 1.73. The van der Waals surface area contributed by atoms with Crippen molar-refractivity contribution < 1.29 is 0 Å². The van der Waals surface area contributed by atoms with Crippen LogP contribution in [0.2, 0.25) is 0 Å². The zero-order valence-electron chi connectivity index (χ0n) is 12.6. The second-order valence-electron chi connectivity index (χ2n) is 5.21. The van der Waals surface area contributed by atoms with E-state index in [9.17, 15) is 4.79 Å². The highest BCUT2D eigenvalue weighted by atomic mass is 32.2. The van der Waals surface area contributed by atoms with Gasteiger partial charge < -0.3 is 5.73 Å². The molecule has 0 aromatic carbocycles. The Bertz CT molecular complexity index is 662. The van der Waals surface area contributed by atoms with Crippen LogP contribution in [0.5, 0.6) is 0 Å². The van der Waals surface area contributed by atoms with Gasteiger partial charge in [-0.15, -0.1) is 5.10 Å². The summed E-state index contributed by atoms with van der Waals surface area (Å²) >= 11 is 1.41. The molecular formula is C14H21N5OS. The lowest BCUT2D eigenvalue weighted by atomic mass is 10.1. The Morgan fingerprint density at radius 3 is 2.90 bits per heavy atom. The quantitative estimate of drug-likeness (QED) is 0.848. The highest BCUT2D eigenvalue weighted by molar-refractivity contribution is 7.99. The van der Waals surface area contributed by atoms with Crippen molar-refractivity contribution in [3.8, 4) is 0 Å². The van der Waals surface area contributed by atoms with Crippen molar-refractivity contribution in [1.29, 1.82) is 0 Å². The van der Waals surface area contributed by atoms with E-state index in [1.165, 1.54) is 11.8 Å². The van der Waals surface area contributed by atoms with Crippen LogP contribution in [0.15, 0.2) is 27.2 Å². The maximum atomic E-state index is 11.7. The fraction of sp³-hybridized carbons (Fsp3) is 0.500. The fourth-order valence-electron chi connectivity index (χ4n) is 2.10. The molecule has 0 saturated carbocycles. The normalized spacial score (nSPS) is 12.6. The smallest absolute Gasteiger partial charge is 0.328 e. The largest absolute Gasteiger partial charge is 0.343 e. The standard InChI is InChI=1S/C14H21N5OS/c1-4-5-19-13(20)17-18-14(19)21-12-9(2)6-11(8-16-12)7-10(3)15/h6,8,10H,4-5,7,15H2,1-3H3,(H,17,20). The lowest BCUT2D eigenvalue weighted by molar-refractivity contribution is 0.603. The number of nitrogens with one attached hydrogen (secondary N) is 1. The summed E-state index contributed by atoms with van der Waals surface area (Å²) in [7, 11) is 0. The minimum atomic E-state index is -0.175. The number of rotatable bonds is 6. The highest BCUT2D eigenvalue weighted by Crippen LogP contribution is 2.26. The van der Waals surface area contributed by atoms with Gasteiger partial charge in [0.05, 0.1) is 0 Å². The summed E-state index contributed by atoms with van der Waals surface area (Å²) in [5.41, 5.74) is 7.82. The Labute approximate surface area is 128 Å². The number of nitrogens with zero attached hydrogens (tertiary/aromatic N) is 3. The van der Waals surface area contributed by atoms with Crippen LogP contribution >= 0.6 is 11.8 Å². The van der Waals surface area contributed by atoms with Gasteiger partial charge in [0, 0.05) is 18.8 Å². The molecule has 1 atom stereocenters. The van der Waals surface area contributed by atoms with Gasteiger partial charge in [0.25, 0.3) is 0 Å². The first-order valence-electron chi connectivity index (χ1n) is 7.05. The van der Waals surface area contributed by atoms with Gasteiger partial charge in [0.15, 0.2) is 5.16 Å². The van der Waals surface area contributed by atoms with Gasteiger partial charge >= 0.3 is 5.69 Å². The summed E-state index contributed by atoms with van der Waals surface area (Å²) in [6.07, 6.45) is 3.53. The molecule has 0 bridgehead atoms. The van der Waals surface area contributed by atoms with Crippen LogP contribution in [-0.2, 0) is 13.0 Å². The van der Waals surface area contributed by atoms with Crippen molar-refractivity contribution in [2.24, 2.45) is 5.73 Å². The van der Waals surface area contributed by atoms with E-state index in [4.69, 9.17) is 5.73 Å². The summed E-state index contributed by atoms with van der Waals surface area (Å²) in [5.74, 6) is 0. The molecule has 0 spiro atoms. The molecule has 2 aromatic rings. The number of H-pyrrole nitrogens is 1. The number of pyridine rings is 1. The molecule has 0 fully saturated rings. The van der Waals surface area contributed by atoms with Gasteiger partial charge in [-0.25, -0.2) is 14.9 Å². The molecule has 1 unspecified atom stereocenters. The maximum Gasteiger partial charge on any atom is 0.343 e. The minimum Gasteiger partial charge on any atom is -0.328 e. The number of aromatic nitrogens is 4. The summed E-state index contributed by atoms with van der Waals surface area (Å²) in [4.78, 5) is 16.2. The van der Waals surface area contributed by atoms with Crippen molar-refractivity contribution in [2.45, 2.75) is 56.4 Å². The molecule has 21 heavy (non-hydrogen) atoms. The van der Waals surface area contributed by atoms with E-state index in [1.54, 1.807) is 4.57 Å². The summed E-state index contributed by atoms with van der Waals surface area (Å²) in [6, 6.07) is 2.21. The van der Waals surface area contributed by atoms with Gasteiger partial charge in [-0.05, 0) is 49.6 Å². The first-order chi connectivity index (χ1) is 10.0. The van der Waals surface area contributed by atoms with Crippen LogP contribution in [0.1, 0.15) is 31.4 Å². The molecule has 0 amide bonds. The average molecular weight is 307 g/mol. The van der Waals surface area contributed by atoms with Crippen LogP contribution in [0.4, 0.5) is 0 Å². The van der Waals surface area contributed by atoms with E-state index in [0.29, 0.717) is 11.7 Å². The molecule has 7 heteroatoms. The van der Waals surface area contributed by atoms with E-state index in [2.05, 4.69) is 21.2 Å². The second-order valence-corrected chi connectivity index (χ2v) is 6.17. The molecule has 2 rings (SSSR count). The lowest BCUT2D eigenvalue weighted by Gasteiger charge is -2.09. The van der Waals surface area contributed by atoms with Crippen LogP contribution < -0.4 is 11.4 Å². The molecule has 0 aliphatic rings. The van der Waals surface area contributed by atoms with E-state index in [1.807, 2.05) is 27.0 Å². The summed E-state index contributed by atoms with van der Waals surface area (Å²) in [5, 5.41) is 8.07. The van der Waals surface area contributed by atoms with Crippen LogP contribution in [0, 0.1) is 6.92 Å². The SMILES string of the molecule is CCCn1c(Sc2ncc(CC(C)N)cc2C)n[nH]c1=O. The van der Waals surface area contributed by atoms with Crippen molar-refractivity contribution in [2.75, 3.05) is 0 Å². The van der Waals surface area contributed by atoms with E-state index in [0.717, 1.165) is 29.0 Å². The van der Waals surface area contributed by atoms with Crippen LogP contribution in [0.25, 0.3) is 0 Å². The maximum absolute atomic E-state index is 11.7. The predicted molar refractivity (Wildman–Crippen MR) is 83.6 cm³/mol. The average Bonchev–Trinajstić information content (AvgIpc) is 2.74. The van der Waals surface area contributed by atoms with E-state index < -0.39 is 0 Å². The van der Waals surface area contributed by atoms with Crippen LogP contribution in [-0.4, -0.2) is 25.8 Å². The number of aromatic amines is 1. The van der Waals surface area contributed by atoms with Gasteiger partial charge in [0.1, 0.15) is 5.03 Å². The number of hydrogen-bond acceptors (Lipinski definition) is 5. The van der Waals surface area contributed by atoms with Gasteiger partial charge in [-0.1, -0.05) is 13.0 Å². The Kier molecular flexibility index (Phi) is 5.19. The van der Waals surface area contributed by atoms with Crippen LogP contribution in [0.3, 0.4) is 0 Å². The molecule has 3 N–H and O–H groups in total. The third-order valence-electron chi connectivity index (χ3n) is 3.00. The Hall–Kier alpha value is -1.60.